The molecule has 1 aromatic carbocycles. The molecule has 1 aliphatic heterocycles. The Hall–Kier alpha value is -3.27. The largest absolute Gasteiger partial charge is 0.465 e. The van der Waals surface area contributed by atoms with Crippen molar-refractivity contribution in [3.8, 4) is 0 Å². The third kappa shape index (κ3) is 4.11. The van der Waals surface area contributed by atoms with E-state index in [4.69, 9.17) is 0 Å². The Morgan fingerprint density at radius 1 is 1.19 bits per heavy atom. The number of carbonyl (C=O) groups is 1. The number of likely N-dealkylation sites (N-methyl/N-ethyl adjacent to an activating group) is 1. The summed E-state index contributed by atoms with van der Waals surface area (Å²) in [5, 5.41) is 14.7. The van der Waals surface area contributed by atoms with Crippen molar-refractivity contribution in [1.82, 2.24) is 14.9 Å². The number of piperazine rings is 1. The summed E-state index contributed by atoms with van der Waals surface area (Å²) in [4.78, 5) is 35.0. The Morgan fingerprint density at radius 3 is 2.44 bits per heavy atom. The molecule has 0 atom stereocenters. The maximum atomic E-state index is 11.7. The van der Waals surface area contributed by atoms with Crippen LogP contribution >= 0.6 is 0 Å². The molecule has 0 spiro atoms. The van der Waals surface area contributed by atoms with Crippen LogP contribution in [0.3, 0.4) is 0 Å². The Morgan fingerprint density at radius 2 is 1.85 bits per heavy atom. The van der Waals surface area contributed by atoms with Gasteiger partial charge in [0.05, 0.1) is 17.6 Å². The highest BCUT2D eigenvalue weighted by Crippen LogP contribution is 2.33. The number of hydrogen-bond acceptors (Lipinski definition) is 9. The minimum atomic E-state index is -0.473. The number of methoxy groups -OCH3 is 1. The maximum absolute atomic E-state index is 11.7. The lowest BCUT2D eigenvalue weighted by molar-refractivity contribution is -0.383. The average molecular weight is 372 g/mol. The first-order valence-electron chi connectivity index (χ1n) is 8.38. The molecule has 2 aromatic rings. The monoisotopic (exact) mass is 372 g/mol. The fourth-order valence-corrected chi connectivity index (χ4v) is 2.82. The van der Waals surface area contributed by atoms with Gasteiger partial charge in [-0.2, -0.15) is 0 Å². The molecule has 142 valence electrons. The number of ether oxygens (including phenoxy) is 1. The molecule has 3 rings (SSSR count). The van der Waals surface area contributed by atoms with Crippen LogP contribution in [-0.4, -0.2) is 66.1 Å². The normalized spacial score (nSPS) is 14.7. The minimum absolute atomic E-state index is 0.106. The van der Waals surface area contributed by atoms with Crippen LogP contribution < -0.4 is 10.2 Å². The summed E-state index contributed by atoms with van der Waals surface area (Å²) in [7, 11) is 3.31. The molecule has 1 aromatic heterocycles. The molecule has 2 heterocycles. The summed E-state index contributed by atoms with van der Waals surface area (Å²) in [6, 6.07) is 6.41. The Kier molecular flexibility index (Phi) is 5.46. The third-order valence-corrected chi connectivity index (χ3v) is 4.36. The zero-order chi connectivity index (χ0) is 19.4. The van der Waals surface area contributed by atoms with Crippen molar-refractivity contribution in [3.05, 3.63) is 46.3 Å². The lowest BCUT2D eigenvalue weighted by Gasteiger charge is -2.32. The van der Waals surface area contributed by atoms with E-state index >= 15 is 0 Å². The number of nitro groups is 1. The smallest absolute Gasteiger partial charge is 0.353 e. The topological polar surface area (TPSA) is 114 Å². The van der Waals surface area contributed by atoms with Gasteiger partial charge in [-0.25, -0.2) is 14.8 Å². The van der Waals surface area contributed by atoms with Crippen molar-refractivity contribution in [2.24, 2.45) is 0 Å². The van der Waals surface area contributed by atoms with Gasteiger partial charge in [0.1, 0.15) is 6.33 Å². The average Bonchev–Trinajstić information content (AvgIpc) is 2.68. The molecule has 1 saturated heterocycles. The van der Waals surface area contributed by atoms with E-state index < -0.39 is 10.9 Å². The van der Waals surface area contributed by atoms with Gasteiger partial charge in [-0.3, -0.25) is 10.1 Å². The number of esters is 1. The molecule has 1 fully saturated rings. The first-order valence-corrected chi connectivity index (χ1v) is 8.38. The predicted molar refractivity (Wildman–Crippen MR) is 99.5 cm³/mol. The molecule has 0 amide bonds. The van der Waals surface area contributed by atoms with E-state index in [2.05, 4.69) is 24.9 Å². The maximum Gasteiger partial charge on any atom is 0.353 e. The van der Waals surface area contributed by atoms with Crippen LogP contribution in [-0.2, 0) is 4.74 Å². The molecule has 0 saturated carbocycles. The highest BCUT2D eigenvalue weighted by Gasteiger charge is 2.28. The Labute approximate surface area is 155 Å². The fourth-order valence-electron chi connectivity index (χ4n) is 2.82. The zero-order valence-corrected chi connectivity index (χ0v) is 15.1. The molecule has 1 aliphatic rings. The van der Waals surface area contributed by atoms with Gasteiger partial charge in [0.15, 0.2) is 0 Å². The lowest BCUT2D eigenvalue weighted by atomic mass is 10.2. The number of anilines is 3. The molecule has 0 bridgehead atoms. The van der Waals surface area contributed by atoms with E-state index in [-0.39, 0.29) is 11.5 Å². The highest BCUT2D eigenvalue weighted by molar-refractivity contribution is 5.89. The van der Waals surface area contributed by atoms with Gasteiger partial charge >= 0.3 is 11.7 Å². The van der Waals surface area contributed by atoms with Crippen LogP contribution in [0.25, 0.3) is 0 Å². The van der Waals surface area contributed by atoms with Gasteiger partial charge in [0.25, 0.3) is 0 Å². The van der Waals surface area contributed by atoms with E-state index in [1.54, 1.807) is 24.3 Å². The van der Waals surface area contributed by atoms with Crippen LogP contribution in [0.4, 0.5) is 23.0 Å². The minimum Gasteiger partial charge on any atom is -0.465 e. The first-order chi connectivity index (χ1) is 13.0. The molecule has 0 radical (unpaired) electrons. The highest BCUT2D eigenvalue weighted by atomic mass is 16.6. The number of rotatable bonds is 5. The summed E-state index contributed by atoms with van der Waals surface area (Å²) < 4.78 is 4.66. The molecule has 0 unspecified atom stereocenters. The first kappa shape index (κ1) is 18.5. The quantitative estimate of drug-likeness (QED) is 0.475. The fraction of sp³-hybridized carbons (Fsp3) is 0.353. The van der Waals surface area contributed by atoms with Crippen LogP contribution in [0, 0.1) is 10.1 Å². The number of carbonyl (C=O) groups excluding carboxylic acids is 1. The molecule has 10 nitrogen and oxygen atoms in total. The molecular formula is C17H20N6O4. The number of benzene rings is 1. The zero-order valence-electron chi connectivity index (χ0n) is 15.1. The van der Waals surface area contributed by atoms with E-state index in [0.717, 1.165) is 13.1 Å². The van der Waals surface area contributed by atoms with E-state index in [0.29, 0.717) is 30.2 Å². The van der Waals surface area contributed by atoms with Crippen molar-refractivity contribution in [3.63, 3.8) is 0 Å². The molecule has 27 heavy (non-hydrogen) atoms. The van der Waals surface area contributed by atoms with Gasteiger partial charge in [-0.15, -0.1) is 0 Å². The van der Waals surface area contributed by atoms with Crippen molar-refractivity contribution in [2.45, 2.75) is 0 Å². The van der Waals surface area contributed by atoms with E-state index in [1.165, 1.54) is 13.4 Å². The van der Waals surface area contributed by atoms with Gasteiger partial charge < -0.3 is 19.9 Å². The summed E-state index contributed by atoms with van der Waals surface area (Å²) in [5.41, 5.74) is 0.784. The van der Waals surface area contributed by atoms with Crippen LogP contribution in [0.2, 0.25) is 0 Å². The Bertz CT molecular complexity index is 834. The van der Waals surface area contributed by atoms with Gasteiger partial charge in [0.2, 0.25) is 11.6 Å². The summed E-state index contributed by atoms with van der Waals surface area (Å²) in [6.45, 7) is 2.92. The van der Waals surface area contributed by atoms with Gasteiger partial charge in [0, 0.05) is 31.9 Å². The second-order valence-electron chi connectivity index (χ2n) is 6.14. The van der Waals surface area contributed by atoms with Crippen LogP contribution in [0.15, 0.2) is 30.6 Å². The molecule has 1 N–H and O–H groups in total. The van der Waals surface area contributed by atoms with E-state index in [1.807, 2.05) is 11.9 Å². The third-order valence-electron chi connectivity index (χ3n) is 4.36. The molecular weight excluding hydrogens is 352 g/mol. The number of nitrogens with one attached hydrogen (secondary N) is 1. The second-order valence-corrected chi connectivity index (χ2v) is 6.14. The van der Waals surface area contributed by atoms with Crippen molar-refractivity contribution in [1.29, 1.82) is 0 Å². The second kappa shape index (κ2) is 7.96. The van der Waals surface area contributed by atoms with Crippen LogP contribution in [0.5, 0.6) is 0 Å². The lowest BCUT2D eigenvalue weighted by Crippen LogP contribution is -2.45. The predicted octanol–water partition coefficient (Wildman–Crippen LogP) is 1.67. The summed E-state index contributed by atoms with van der Waals surface area (Å²) >= 11 is 0. The molecule has 10 heteroatoms. The van der Waals surface area contributed by atoms with Gasteiger partial charge in [-0.05, 0) is 31.3 Å². The van der Waals surface area contributed by atoms with Crippen molar-refractivity contribution >= 4 is 29.0 Å². The number of hydrogen-bond donors (Lipinski definition) is 1. The van der Waals surface area contributed by atoms with E-state index in [9.17, 15) is 14.9 Å². The summed E-state index contributed by atoms with van der Waals surface area (Å²) in [5.74, 6) is -0.0431. The van der Waals surface area contributed by atoms with Gasteiger partial charge in [-0.1, -0.05) is 0 Å². The number of aromatic nitrogens is 2. The molecule has 0 aliphatic carbocycles. The van der Waals surface area contributed by atoms with Crippen LogP contribution in [0.1, 0.15) is 10.4 Å². The number of nitrogens with zero attached hydrogens (tertiary/aromatic N) is 5. The SMILES string of the molecule is COC(=O)c1ccc(Nc2ncnc(N3CCN(C)CC3)c2[N+](=O)[O-])cc1. The standard InChI is InChI=1S/C17H20N6O4/c1-21-7-9-22(10-8-21)16-14(23(25)26)15(18-11-19-16)20-13-5-3-12(4-6-13)17(24)27-2/h3-6,11H,7-10H2,1-2H3,(H,18,19,20). The van der Waals surface area contributed by atoms with Crippen molar-refractivity contribution < 1.29 is 14.5 Å². The Balaban J connectivity index is 1.88. The van der Waals surface area contributed by atoms with Crippen molar-refractivity contribution in [2.75, 3.05) is 50.6 Å². The summed E-state index contributed by atoms with van der Waals surface area (Å²) in [6.07, 6.45) is 1.31.